The molecule has 0 radical (unpaired) electrons. The monoisotopic (exact) mass is 349 g/mol. The van der Waals surface area contributed by atoms with Crippen molar-refractivity contribution in [2.75, 3.05) is 38.0 Å². The first-order valence-corrected chi connectivity index (χ1v) is 6.99. The maximum absolute atomic E-state index is 11.5. The van der Waals surface area contributed by atoms with Crippen LogP contribution in [0.3, 0.4) is 0 Å². The molecular weight excluding hydrogens is 334 g/mol. The quantitative estimate of drug-likeness (QED) is 0.593. The molecule has 0 atom stereocenters. The van der Waals surface area contributed by atoms with Crippen LogP contribution >= 0.6 is 0 Å². The van der Waals surface area contributed by atoms with Gasteiger partial charge < -0.3 is 9.80 Å². The fourth-order valence-electron chi connectivity index (χ4n) is 2.78. The Kier molecular flexibility index (Phi) is 4.42. The van der Waals surface area contributed by atoms with Gasteiger partial charge in [0, 0.05) is 39.6 Å². The van der Waals surface area contributed by atoms with Crippen molar-refractivity contribution in [1.82, 2.24) is 0 Å². The highest BCUT2D eigenvalue weighted by Gasteiger charge is 2.32. The number of nitro groups is 3. The summed E-state index contributed by atoms with van der Waals surface area (Å²) in [5, 5.41) is 34.4. The Labute approximate surface area is 141 Å². The van der Waals surface area contributed by atoms with E-state index < -0.39 is 26.1 Å². The zero-order valence-electron chi connectivity index (χ0n) is 13.9. The van der Waals surface area contributed by atoms with Gasteiger partial charge in [0.15, 0.2) is 0 Å². The molecule has 25 heavy (non-hydrogen) atoms. The van der Waals surface area contributed by atoms with Gasteiger partial charge in [0.2, 0.25) is 0 Å². The van der Waals surface area contributed by atoms with Crippen LogP contribution < -0.4 is 9.80 Å². The van der Waals surface area contributed by atoms with Crippen LogP contribution in [0.4, 0.5) is 28.4 Å². The zero-order valence-corrected chi connectivity index (χ0v) is 13.9. The summed E-state index contributed by atoms with van der Waals surface area (Å²) in [7, 11) is 6.13. The number of rotatable bonds is 5. The van der Waals surface area contributed by atoms with E-state index in [2.05, 4.69) is 0 Å². The molecule has 0 aliphatic heterocycles. The number of nitrogens with zero attached hydrogens (tertiary/aromatic N) is 5. The minimum absolute atomic E-state index is 0.0676. The molecule has 2 aromatic rings. The van der Waals surface area contributed by atoms with Crippen LogP contribution in [0.1, 0.15) is 0 Å². The van der Waals surface area contributed by atoms with E-state index in [1.54, 1.807) is 0 Å². The summed E-state index contributed by atoms with van der Waals surface area (Å²) < 4.78 is 0. The maximum atomic E-state index is 11.5. The molecule has 132 valence electrons. The van der Waals surface area contributed by atoms with Crippen LogP contribution in [-0.4, -0.2) is 43.0 Å². The maximum Gasteiger partial charge on any atom is 0.300 e. The lowest BCUT2D eigenvalue weighted by atomic mass is 10.0. The number of fused-ring (bicyclic) bond motifs is 1. The van der Waals surface area contributed by atoms with Crippen LogP contribution in [0.25, 0.3) is 10.8 Å². The highest BCUT2D eigenvalue weighted by atomic mass is 16.6. The molecule has 0 spiro atoms. The zero-order chi connectivity index (χ0) is 19.0. The van der Waals surface area contributed by atoms with Crippen molar-refractivity contribution in [3.8, 4) is 0 Å². The van der Waals surface area contributed by atoms with Gasteiger partial charge in [-0.25, -0.2) is 0 Å². The number of anilines is 2. The van der Waals surface area contributed by atoms with Gasteiger partial charge in [0.05, 0.1) is 26.2 Å². The van der Waals surface area contributed by atoms with Crippen molar-refractivity contribution in [2.24, 2.45) is 0 Å². The SMILES string of the molecule is CN(C)c1c([N+](=O)[O-])ccc2c([N+](=O)[O-])cc([N+](=O)[O-])c(N(C)C)c12. The average molecular weight is 349 g/mol. The molecule has 0 unspecified atom stereocenters. The number of benzene rings is 2. The first kappa shape index (κ1) is 17.8. The number of nitro benzene ring substituents is 3. The molecule has 0 aromatic heterocycles. The van der Waals surface area contributed by atoms with E-state index in [0.29, 0.717) is 0 Å². The van der Waals surface area contributed by atoms with Gasteiger partial charge >= 0.3 is 0 Å². The topological polar surface area (TPSA) is 136 Å². The Balaban J connectivity index is 3.23. The number of hydrogen-bond acceptors (Lipinski definition) is 8. The molecule has 0 heterocycles. The van der Waals surface area contributed by atoms with E-state index in [9.17, 15) is 30.3 Å². The molecule has 0 saturated heterocycles. The molecular formula is C14H15N5O6. The van der Waals surface area contributed by atoms with Gasteiger partial charge in [-0.1, -0.05) is 0 Å². The molecule has 11 nitrogen and oxygen atoms in total. The van der Waals surface area contributed by atoms with Gasteiger partial charge in [0.1, 0.15) is 11.4 Å². The summed E-state index contributed by atoms with van der Waals surface area (Å²) in [5.74, 6) is 0. The summed E-state index contributed by atoms with van der Waals surface area (Å²) in [5.41, 5.74) is -1.13. The molecule has 0 N–H and O–H groups in total. The molecule has 2 aromatic carbocycles. The minimum atomic E-state index is -0.736. The van der Waals surface area contributed by atoms with E-state index in [-0.39, 0.29) is 27.8 Å². The second kappa shape index (κ2) is 6.19. The van der Waals surface area contributed by atoms with E-state index in [0.717, 1.165) is 12.1 Å². The Hall–Kier alpha value is -3.50. The van der Waals surface area contributed by atoms with Crippen LogP contribution in [-0.2, 0) is 0 Å². The molecule has 0 saturated carbocycles. The normalized spacial score (nSPS) is 10.6. The van der Waals surface area contributed by atoms with Gasteiger partial charge in [-0.3, -0.25) is 30.3 Å². The van der Waals surface area contributed by atoms with Gasteiger partial charge in [-0.15, -0.1) is 0 Å². The number of non-ortho nitro benzene ring substituents is 1. The van der Waals surface area contributed by atoms with Crippen LogP contribution in [0.5, 0.6) is 0 Å². The van der Waals surface area contributed by atoms with Gasteiger partial charge in [-0.05, 0) is 6.07 Å². The molecule has 0 fully saturated rings. The predicted molar refractivity (Wildman–Crippen MR) is 92.6 cm³/mol. The molecule has 0 amide bonds. The Morgan fingerprint density at radius 3 is 1.56 bits per heavy atom. The van der Waals surface area contributed by atoms with E-state index in [1.165, 1.54) is 44.1 Å². The predicted octanol–water partition coefficient (Wildman–Crippen LogP) is 2.70. The summed E-state index contributed by atoms with van der Waals surface area (Å²) in [6, 6.07) is 3.29. The fourth-order valence-corrected chi connectivity index (χ4v) is 2.78. The third-order valence-corrected chi connectivity index (χ3v) is 3.67. The van der Waals surface area contributed by atoms with Crippen LogP contribution in [0.2, 0.25) is 0 Å². The number of hydrogen-bond donors (Lipinski definition) is 0. The third-order valence-electron chi connectivity index (χ3n) is 3.67. The van der Waals surface area contributed by atoms with Crippen molar-refractivity contribution in [1.29, 1.82) is 0 Å². The first-order chi connectivity index (χ1) is 11.6. The van der Waals surface area contributed by atoms with Crippen molar-refractivity contribution >= 4 is 39.2 Å². The van der Waals surface area contributed by atoms with Crippen LogP contribution in [0.15, 0.2) is 18.2 Å². The molecule has 0 aliphatic carbocycles. The second-order valence-electron chi connectivity index (χ2n) is 5.68. The highest BCUT2D eigenvalue weighted by molar-refractivity contribution is 6.13. The summed E-state index contributed by atoms with van der Waals surface area (Å²) in [6.45, 7) is 0. The molecule has 0 aliphatic rings. The Morgan fingerprint density at radius 2 is 1.16 bits per heavy atom. The second-order valence-corrected chi connectivity index (χ2v) is 5.68. The standard InChI is InChI=1S/C14H15N5O6/c1-15(2)13-9(17(20)21)6-5-8-10(18(22)23)7-11(19(24)25)14(12(8)13)16(3)4/h5-7H,1-4H3. The fraction of sp³-hybridized carbons (Fsp3) is 0.286. The smallest absolute Gasteiger partial charge is 0.300 e. The van der Waals surface area contributed by atoms with E-state index in [4.69, 9.17) is 0 Å². The lowest BCUT2D eigenvalue weighted by Crippen LogP contribution is -2.16. The van der Waals surface area contributed by atoms with Crippen LogP contribution in [0, 0.1) is 30.3 Å². The summed E-state index contributed by atoms with van der Waals surface area (Å²) in [6.07, 6.45) is 0. The third kappa shape index (κ3) is 2.86. The molecule has 0 bridgehead atoms. The first-order valence-electron chi connectivity index (χ1n) is 6.99. The van der Waals surface area contributed by atoms with E-state index in [1.807, 2.05) is 0 Å². The van der Waals surface area contributed by atoms with Crippen molar-refractivity contribution in [3.63, 3.8) is 0 Å². The average Bonchev–Trinajstić information content (AvgIpc) is 2.50. The minimum Gasteiger partial charge on any atom is -0.372 e. The van der Waals surface area contributed by atoms with Crippen molar-refractivity contribution < 1.29 is 14.8 Å². The lowest BCUT2D eigenvalue weighted by molar-refractivity contribution is -0.392. The molecule has 11 heteroatoms. The molecule has 2 rings (SSSR count). The summed E-state index contributed by atoms with van der Waals surface area (Å²) in [4.78, 5) is 35.0. The largest absolute Gasteiger partial charge is 0.372 e. The Morgan fingerprint density at radius 1 is 0.720 bits per heavy atom. The highest BCUT2D eigenvalue weighted by Crippen LogP contribution is 2.47. The lowest BCUT2D eigenvalue weighted by Gasteiger charge is -2.21. The van der Waals surface area contributed by atoms with Gasteiger partial charge in [0.25, 0.3) is 17.1 Å². The van der Waals surface area contributed by atoms with Gasteiger partial charge in [-0.2, -0.15) is 0 Å². The van der Waals surface area contributed by atoms with E-state index >= 15 is 0 Å². The summed E-state index contributed by atoms with van der Waals surface area (Å²) >= 11 is 0. The van der Waals surface area contributed by atoms with Crippen molar-refractivity contribution in [2.45, 2.75) is 0 Å². The van der Waals surface area contributed by atoms with Crippen molar-refractivity contribution in [3.05, 3.63) is 48.5 Å². The Bertz CT molecular complexity index is 894.